The predicted octanol–water partition coefficient (Wildman–Crippen LogP) is 4.74. The van der Waals surface area contributed by atoms with Gasteiger partial charge in [0, 0.05) is 11.1 Å². The van der Waals surface area contributed by atoms with Crippen molar-refractivity contribution in [1.29, 1.82) is 0 Å². The lowest BCUT2D eigenvalue weighted by Crippen LogP contribution is -2.29. The maximum atomic E-state index is 13.3. The van der Waals surface area contributed by atoms with Gasteiger partial charge in [-0.15, -0.1) is 0 Å². The third-order valence-corrected chi connectivity index (χ3v) is 5.57. The molecule has 2 aromatic carbocycles. The van der Waals surface area contributed by atoms with Crippen LogP contribution in [0.1, 0.15) is 44.5 Å². The number of carbonyl (C=O) groups excluding carboxylic acids is 1. The zero-order chi connectivity index (χ0) is 20.8. The minimum atomic E-state index is -0.341. The molecular formula is C24H21N3O3. The lowest BCUT2D eigenvalue weighted by molar-refractivity contribution is 0.0717. The fourth-order valence-corrected chi connectivity index (χ4v) is 4.07. The van der Waals surface area contributed by atoms with Crippen LogP contribution >= 0.6 is 0 Å². The van der Waals surface area contributed by atoms with E-state index in [1.54, 1.807) is 17.2 Å². The van der Waals surface area contributed by atoms with Crippen LogP contribution in [0.3, 0.4) is 0 Å². The number of fused-ring (bicyclic) bond motifs is 1. The van der Waals surface area contributed by atoms with Crippen LogP contribution in [0.4, 0.5) is 0 Å². The van der Waals surface area contributed by atoms with Crippen molar-refractivity contribution in [3.63, 3.8) is 0 Å². The Morgan fingerprint density at radius 3 is 2.60 bits per heavy atom. The third kappa shape index (κ3) is 2.88. The Balaban J connectivity index is 1.69. The smallest absolute Gasteiger partial charge is 0.273 e. The molecule has 1 aliphatic heterocycles. The molecule has 1 aliphatic rings. The minimum absolute atomic E-state index is 0.134. The standard InChI is InChI=1S/C24H21N3O3/c1-14-5-8-16(9-6-14)23-20-21(18-12-15(2)7-10-19(18)28)25-26-22(20)24(29)27(23)13-17-4-3-11-30-17/h3-12,23,28H,13H2,1-2H3,(H,25,26)/t23-/m1/s1. The summed E-state index contributed by atoms with van der Waals surface area (Å²) in [7, 11) is 0. The first-order chi connectivity index (χ1) is 14.5. The highest BCUT2D eigenvalue weighted by molar-refractivity contribution is 6.00. The molecule has 0 unspecified atom stereocenters. The molecule has 1 amide bonds. The van der Waals surface area contributed by atoms with Gasteiger partial charge in [-0.3, -0.25) is 9.89 Å². The van der Waals surface area contributed by atoms with Gasteiger partial charge in [0.05, 0.1) is 18.8 Å². The van der Waals surface area contributed by atoms with Crippen molar-refractivity contribution in [3.8, 4) is 17.0 Å². The number of hydrogen-bond donors (Lipinski definition) is 2. The minimum Gasteiger partial charge on any atom is -0.507 e. The van der Waals surface area contributed by atoms with E-state index in [0.29, 0.717) is 29.3 Å². The normalized spacial score (nSPS) is 15.6. The highest BCUT2D eigenvalue weighted by Crippen LogP contribution is 2.45. The van der Waals surface area contributed by atoms with E-state index in [1.165, 1.54) is 0 Å². The average Bonchev–Trinajstić information content (AvgIpc) is 3.45. The van der Waals surface area contributed by atoms with Gasteiger partial charge < -0.3 is 14.4 Å². The third-order valence-electron chi connectivity index (χ3n) is 5.57. The van der Waals surface area contributed by atoms with Crippen LogP contribution in [-0.2, 0) is 6.54 Å². The summed E-state index contributed by atoms with van der Waals surface area (Å²) in [6.45, 7) is 4.33. The summed E-state index contributed by atoms with van der Waals surface area (Å²) in [5, 5.41) is 17.9. The number of furan rings is 1. The number of phenolic OH excluding ortho intramolecular Hbond substituents is 1. The summed E-state index contributed by atoms with van der Waals surface area (Å²) in [6, 6.07) is 16.9. The van der Waals surface area contributed by atoms with Gasteiger partial charge in [-0.2, -0.15) is 5.10 Å². The number of hydrogen-bond acceptors (Lipinski definition) is 4. The predicted molar refractivity (Wildman–Crippen MR) is 112 cm³/mol. The Bertz CT molecular complexity index is 1220. The summed E-state index contributed by atoms with van der Waals surface area (Å²) >= 11 is 0. The molecule has 0 fully saturated rings. The average molecular weight is 399 g/mol. The molecule has 3 heterocycles. The summed E-state index contributed by atoms with van der Waals surface area (Å²) in [5.41, 5.74) is 5.55. The van der Waals surface area contributed by atoms with Crippen molar-refractivity contribution in [2.75, 3.05) is 0 Å². The number of benzene rings is 2. The van der Waals surface area contributed by atoms with E-state index in [4.69, 9.17) is 4.42 Å². The van der Waals surface area contributed by atoms with Crippen LogP contribution in [0, 0.1) is 13.8 Å². The number of aromatic hydroxyl groups is 1. The number of amides is 1. The number of H-pyrrole nitrogens is 1. The first-order valence-corrected chi connectivity index (χ1v) is 9.81. The SMILES string of the molecule is Cc1ccc([C@@H]2c3c(-c4cc(C)ccc4O)n[nH]c3C(=O)N2Cc2ccco2)cc1. The van der Waals surface area contributed by atoms with Crippen molar-refractivity contribution >= 4 is 5.91 Å². The van der Waals surface area contributed by atoms with Gasteiger partial charge in [-0.05, 0) is 43.7 Å². The molecule has 2 N–H and O–H groups in total. The highest BCUT2D eigenvalue weighted by atomic mass is 16.3. The molecule has 6 nitrogen and oxygen atoms in total. The number of nitrogens with one attached hydrogen (secondary N) is 1. The second-order valence-electron chi connectivity index (χ2n) is 7.71. The van der Waals surface area contributed by atoms with E-state index in [-0.39, 0.29) is 17.7 Å². The second kappa shape index (κ2) is 6.91. The van der Waals surface area contributed by atoms with E-state index in [1.807, 2.05) is 62.4 Å². The number of aromatic amines is 1. The van der Waals surface area contributed by atoms with Gasteiger partial charge >= 0.3 is 0 Å². The van der Waals surface area contributed by atoms with Gasteiger partial charge in [-0.25, -0.2) is 0 Å². The Hall–Kier alpha value is -3.80. The Labute approximate surface area is 173 Å². The van der Waals surface area contributed by atoms with E-state index in [0.717, 1.165) is 22.3 Å². The summed E-state index contributed by atoms with van der Waals surface area (Å²) in [4.78, 5) is 15.1. The number of aromatic nitrogens is 2. The van der Waals surface area contributed by atoms with Gasteiger partial charge in [0.15, 0.2) is 0 Å². The molecule has 150 valence electrons. The summed E-state index contributed by atoms with van der Waals surface area (Å²) in [6.07, 6.45) is 1.60. The quantitative estimate of drug-likeness (QED) is 0.519. The molecule has 30 heavy (non-hydrogen) atoms. The largest absolute Gasteiger partial charge is 0.507 e. The topological polar surface area (TPSA) is 82.4 Å². The van der Waals surface area contributed by atoms with Crippen LogP contribution in [-0.4, -0.2) is 26.1 Å². The fraction of sp³-hybridized carbons (Fsp3) is 0.167. The zero-order valence-corrected chi connectivity index (χ0v) is 16.7. The van der Waals surface area contributed by atoms with Crippen molar-refractivity contribution < 1.29 is 14.3 Å². The number of rotatable bonds is 4. The second-order valence-corrected chi connectivity index (χ2v) is 7.71. The maximum Gasteiger partial charge on any atom is 0.273 e. The molecule has 0 aliphatic carbocycles. The van der Waals surface area contributed by atoms with Crippen LogP contribution in [0.2, 0.25) is 0 Å². The van der Waals surface area contributed by atoms with Crippen molar-refractivity contribution in [2.45, 2.75) is 26.4 Å². The molecule has 4 aromatic rings. The molecule has 0 saturated heterocycles. The zero-order valence-electron chi connectivity index (χ0n) is 16.7. The van der Waals surface area contributed by atoms with Gasteiger partial charge in [0.25, 0.3) is 5.91 Å². The number of nitrogens with zero attached hydrogens (tertiary/aromatic N) is 2. The van der Waals surface area contributed by atoms with E-state index in [9.17, 15) is 9.90 Å². The van der Waals surface area contributed by atoms with Crippen LogP contribution < -0.4 is 0 Å². The van der Waals surface area contributed by atoms with E-state index >= 15 is 0 Å². The number of phenols is 1. The molecule has 0 radical (unpaired) electrons. The summed E-state index contributed by atoms with van der Waals surface area (Å²) in [5.74, 6) is 0.700. The van der Waals surface area contributed by atoms with Gasteiger partial charge in [0.1, 0.15) is 22.9 Å². The van der Waals surface area contributed by atoms with Crippen LogP contribution in [0.25, 0.3) is 11.3 Å². The molecule has 2 aromatic heterocycles. The number of carbonyl (C=O) groups is 1. The first kappa shape index (κ1) is 18.2. The summed E-state index contributed by atoms with van der Waals surface area (Å²) < 4.78 is 5.51. The lowest BCUT2D eigenvalue weighted by Gasteiger charge is -2.25. The highest BCUT2D eigenvalue weighted by Gasteiger charge is 2.42. The molecule has 6 heteroatoms. The van der Waals surface area contributed by atoms with E-state index < -0.39 is 0 Å². The maximum absolute atomic E-state index is 13.3. The lowest BCUT2D eigenvalue weighted by atomic mass is 9.94. The fourth-order valence-electron chi connectivity index (χ4n) is 4.07. The van der Waals surface area contributed by atoms with Crippen molar-refractivity contribution in [1.82, 2.24) is 15.1 Å². The molecule has 0 spiro atoms. The molecule has 0 bridgehead atoms. The molecule has 5 rings (SSSR count). The number of aryl methyl sites for hydroxylation is 2. The molecule has 1 atom stereocenters. The van der Waals surface area contributed by atoms with Crippen molar-refractivity contribution in [3.05, 3.63) is 94.6 Å². The molecular weight excluding hydrogens is 378 g/mol. The van der Waals surface area contributed by atoms with E-state index in [2.05, 4.69) is 10.2 Å². The Kier molecular flexibility index (Phi) is 4.20. The van der Waals surface area contributed by atoms with Crippen LogP contribution in [0.15, 0.2) is 65.3 Å². The first-order valence-electron chi connectivity index (χ1n) is 9.81. The van der Waals surface area contributed by atoms with Gasteiger partial charge in [-0.1, -0.05) is 41.5 Å². The van der Waals surface area contributed by atoms with Gasteiger partial charge in [0.2, 0.25) is 0 Å². The Morgan fingerprint density at radius 1 is 1.10 bits per heavy atom. The Morgan fingerprint density at radius 2 is 1.87 bits per heavy atom. The van der Waals surface area contributed by atoms with Crippen molar-refractivity contribution in [2.24, 2.45) is 0 Å². The monoisotopic (exact) mass is 399 g/mol. The van der Waals surface area contributed by atoms with Crippen LogP contribution in [0.5, 0.6) is 5.75 Å². The molecule has 0 saturated carbocycles.